The van der Waals surface area contributed by atoms with Crippen LogP contribution >= 0.6 is 11.3 Å². The van der Waals surface area contributed by atoms with E-state index >= 15 is 0 Å². The van der Waals surface area contributed by atoms with E-state index in [4.69, 9.17) is 4.74 Å². The molecule has 1 N–H and O–H groups in total. The number of nitrogens with zero attached hydrogens (tertiary/aromatic N) is 4. The number of hydrogen-bond donors (Lipinski definition) is 1. The largest absolute Gasteiger partial charge is 0.497 e. The van der Waals surface area contributed by atoms with Crippen molar-refractivity contribution in [3.05, 3.63) is 89.7 Å². The van der Waals surface area contributed by atoms with Crippen molar-refractivity contribution < 1.29 is 17.9 Å². The van der Waals surface area contributed by atoms with Gasteiger partial charge in [0.2, 0.25) is 0 Å². The first-order chi connectivity index (χ1) is 16.8. The second-order valence-electron chi connectivity index (χ2n) is 7.35. The molecule has 0 atom stereocenters. The average Bonchev–Trinajstić information content (AvgIpc) is 3.37. The molecule has 5 aromatic rings. The van der Waals surface area contributed by atoms with Crippen molar-refractivity contribution in [3.63, 3.8) is 0 Å². The van der Waals surface area contributed by atoms with E-state index in [1.165, 1.54) is 23.5 Å². The Morgan fingerprint density at radius 1 is 0.971 bits per heavy atom. The number of hydrogen-bond acceptors (Lipinski definition) is 7. The molecule has 5 rings (SSSR count). The maximum atomic E-state index is 11.9. The van der Waals surface area contributed by atoms with Crippen LogP contribution in [0.3, 0.4) is 0 Å². The lowest BCUT2D eigenvalue weighted by molar-refractivity contribution is -0.137. The number of thiazole rings is 1. The third-order valence-corrected chi connectivity index (χ3v) is 5.55. The molecule has 0 spiro atoms. The molecule has 0 saturated carbocycles. The van der Waals surface area contributed by atoms with Gasteiger partial charge < -0.3 is 10.1 Å². The van der Waals surface area contributed by atoms with Gasteiger partial charge in [0.15, 0.2) is 11.0 Å². The van der Waals surface area contributed by atoms with Crippen LogP contribution in [0.1, 0.15) is 11.1 Å². The zero-order chi connectivity index (χ0) is 24.8. The smallest absolute Gasteiger partial charge is 0.416 e. The summed E-state index contributed by atoms with van der Waals surface area (Å²) in [6, 6.07) is 14.6. The van der Waals surface area contributed by atoms with Gasteiger partial charge in [0.05, 0.1) is 18.2 Å². The normalized spacial score (nSPS) is 11.0. The Morgan fingerprint density at radius 3 is 2.40 bits per heavy atom. The van der Waals surface area contributed by atoms with Crippen LogP contribution in [-0.2, 0) is 6.18 Å². The average molecular weight is 496 g/mol. The summed E-state index contributed by atoms with van der Waals surface area (Å²) >= 11 is 1.51. The molecule has 0 aliphatic heterocycles. The molecule has 10 heteroatoms. The second-order valence-corrected chi connectivity index (χ2v) is 8.24. The first-order valence-corrected chi connectivity index (χ1v) is 11.3. The monoisotopic (exact) mass is 495 g/mol. The zero-order valence-corrected chi connectivity index (χ0v) is 19.6. The minimum atomic E-state index is -4.21. The van der Waals surface area contributed by atoms with E-state index in [-0.39, 0.29) is 0 Å². The van der Waals surface area contributed by atoms with Gasteiger partial charge in [-0.1, -0.05) is 17.7 Å². The highest BCUT2D eigenvalue weighted by Crippen LogP contribution is 2.30. The van der Waals surface area contributed by atoms with Crippen LogP contribution in [0.2, 0.25) is 0 Å². The summed E-state index contributed by atoms with van der Waals surface area (Å²) < 4.78 is 41.1. The fourth-order valence-corrected chi connectivity index (χ4v) is 3.61. The summed E-state index contributed by atoms with van der Waals surface area (Å²) in [5, 5.41) is 6.83. The number of rotatable bonds is 4. The van der Waals surface area contributed by atoms with Crippen molar-refractivity contribution in [2.75, 3.05) is 12.4 Å². The fourth-order valence-electron chi connectivity index (χ4n) is 3.08. The highest BCUT2D eigenvalue weighted by Gasteiger charge is 2.29. The van der Waals surface area contributed by atoms with Gasteiger partial charge in [-0.3, -0.25) is 4.98 Å². The van der Waals surface area contributed by atoms with Crippen LogP contribution < -0.4 is 10.1 Å². The van der Waals surface area contributed by atoms with Crippen molar-refractivity contribution in [2.24, 2.45) is 0 Å². The second kappa shape index (κ2) is 10.5. The van der Waals surface area contributed by atoms with E-state index in [2.05, 4.69) is 25.3 Å². The number of nitrogens with one attached hydrogen (secondary N) is 1. The molecule has 0 aliphatic carbocycles. The summed E-state index contributed by atoms with van der Waals surface area (Å²) in [6.07, 6.45) is 1.01. The number of fused-ring (bicyclic) bond motifs is 1. The minimum absolute atomic E-state index is 0.594. The number of anilines is 2. The highest BCUT2D eigenvalue weighted by atomic mass is 32.1. The van der Waals surface area contributed by atoms with Gasteiger partial charge in [0, 0.05) is 34.9 Å². The molecular formula is C25H20F3N5OS. The van der Waals surface area contributed by atoms with Gasteiger partial charge in [-0.25, -0.2) is 15.0 Å². The number of halogens is 3. The fraction of sp³-hybridized carbons (Fsp3) is 0.120. The Hall–Kier alpha value is -4.05. The number of alkyl halides is 3. The van der Waals surface area contributed by atoms with E-state index in [1.807, 2.05) is 35.7 Å². The number of ether oxygens (including phenoxy) is 1. The van der Waals surface area contributed by atoms with Crippen molar-refractivity contribution in [3.8, 4) is 17.1 Å². The van der Waals surface area contributed by atoms with E-state index < -0.39 is 11.7 Å². The van der Waals surface area contributed by atoms with E-state index in [9.17, 15) is 13.2 Å². The van der Waals surface area contributed by atoms with E-state index in [0.29, 0.717) is 11.6 Å². The number of aromatic nitrogens is 4. The molecule has 0 unspecified atom stereocenters. The van der Waals surface area contributed by atoms with Gasteiger partial charge in [-0.15, -0.1) is 11.3 Å². The SMILES string of the molecule is COc1ccc2nc(-c3cccnc3)nc(Nc3nccs3)c2c1.Cc1ccc(C(F)(F)F)cc1. The van der Waals surface area contributed by atoms with Gasteiger partial charge in [0.25, 0.3) is 0 Å². The summed E-state index contributed by atoms with van der Waals surface area (Å²) in [5.74, 6) is 2.05. The molecule has 0 amide bonds. The summed E-state index contributed by atoms with van der Waals surface area (Å²) in [6.45, 7) is 1.75. The third kappa shape index (κ3) is 6.10. The highest BCUT2D eigenvalue weighted by molar-refractivity contribution is 7.13. The van der Waals surface area contributed by atoms with Gasteiger partial charge in [-0.05, 0) is 49.4 Å². The summed E-state index contributed by atoms with van der Waals surface area (Å²) in [7, 11) is 1.64. The lowest BCUT2D eigenvalue weighted by Gasteiger charge is -2.10. The molecule has 6 nitrogen and oxygen atoms in total. The van der Waals surface area contributed by atoms with Crippen molar-refractivity contribution in [1.29, 1.82) is 0 Å². The molecule has 35 heavy (non-hydrogen) atoms. The van der Waals surface area contributed by atoms with Crippen molar-refractivity contribution in [2.45, 2.75) is 13.1 Å². The van der Waals surface area contributed by atoms with Crippen LogP contribution in [0, 0.1) is 6.92 Å². The Bertz CT molecular complexity index is 1390. The molecule has 0 aliphatic rings. The number of pyridine rings is 1. The third-order valence-electron chi connectivity index (χ3n) is 4.86. The molecule has 178 valence electrons. The van der Waals surface area contributed by atoms with Crippen LogP contribution in [0.5, 0.6) is 5.75 Å². The van der Waals surface area contributed by atoms with Crippen LogP contribution in [0.15, 0.2) is 78.6 Å². The van der Waals surface area contributed by atoms with Crippen LogP contribution in [0.4, 0.5) is 24.1 Å². The van der Waals surface area contributed by atoms with Gasteiger partial charge >= 0.3 is 6.18 Å². The predicted molar refractivity (Wildman–Crippen MR) is 131 cm³/mol. The van der Waals surface area contributed by atoms with Crippen molar-refractivity contribution in [1.82, 2.24) is 19.9 Å². The molecule has 3 aromatic heterocycles. The predicted octanol–water partition coefficient (Wildman–Crippen LogP) is 6.91. The molecule has 0 saturated heterocycles. The quantitative estimate of drug-likeness (QED) is 0.292. The van der Waals surface area contributed by atoms with Gasteiger partial charge in [-0.2, -0.15) is 13.2 Å². The summed E-state index contributed by atoms with van der Waals surface area (Å²) in [4.78, 5) is 17.7. The minimum Gasteiger partial charge on any atom is -0.497 e. The molecule has 0 radical (unpaired) electrons. The maximum absolute atomic E-state index is 11.9. The van der Waals surface area contributed by atoms with E-state index in [0.717, 1.165) is 45.0 Å². The lowest BCUT2D eigenvalue weighted by Crippen LogP contribution is -2.03. The lowest BCUT2D eigenvalue weighted by atomic mass is 10.1. The van der Waals surface area contributed by atoms with Gasteiger partial charge in [0.1, 0.15) is 11.6 Å². The molecular weight excluding hydrogens is 475 g/mol. The molecule has 0 bridgehead atoms. The maximum Gasteiger partial charge on any atom is 0.416 e. The zero-order valence-electron chi connectivity index (χ0n) is 18.7. The summed E-state index contributed by atoms with van der Waals surface area (Å²) in [5.41, 5.74) is 1.92. The van der Waals surface area contributed by atoms with Crippen molar-refractivity contribution >= 4 is 33.2 Å². The Labute approximate surface area is 203 Å². The Kier molecular flexibility index (Phi) is 7.21. The van der Waals surface area contributed by atoms with Crippen LogP contribution in [-0.4, -0.2) is 27.0 Å². The molecule has 3 heterocycles. The standard InChI is InChI=1S/C17H13N5OS.C8H7F3/c1-23-12-4-5-14-13(9-12)16(22-17-19-7-8-24-17)21-15(20-14)11-3-2-6-18-10-11;1-6-2-4-7(5-3-6)8(9,10)11/h2-10H,1H3,(H,19,20,21,22);2-5H,1H3. The number of aryl methyl sites for hydroxylation is 1. The van der Waals surface area contributed by atoms with Crippen LogP contribution in [0.25, 0.3) is 22.3 Å². The Balaban J connectivity index is 0.000000221. The topological polar surface area (TPSA) is 72.8 Å². The first kappa shape index (κ1) is 24.1. The molecule has 2 aromatic carbocycles. The number of benzene rings is 2. The molecule has 0 fully saturated rings. The number of methoxy groups -OCH3 is 1. The first-order valence-electron chi connectivity index (χ1n) is 10.4. The van der Waals surface area contributed by atoms with E-state index in [1.54, 1.807) is 32.6 Å². The Morgan fingerprint density at radius 2 is 1.77 bits per heavy atom.